The molecular formula is C16H13ClO9S2. The number of ether oxygens (including phenoxy) is 2. The molecule has 0 fully saturated rings. The lowest BCUT2D eigenvalue weighted by atomic mass is 10.0. The third-order valence-electron chi connectivity index (χ3n) is 4.15. The highest BCUT2D eigenvalue weighted by molar-refractivity contribution is 7.86. The van der Waals surface area contributed by atoms with Gasteiger partial charge in [0.05, 0.1) is 0 Å². The van der Waals surface area contributed by atoms with Crippen molar-refractivity contribution >= 4 is 37.3 Å². The number of carbonyl (C=O) groups is 1. The Morgan fingerprint density at radius 1 is 1.04 bits per heavy atom. The Balaban J connectivity index is 2.21. The summed E-state index contributed by atoms with van der Waals surface area (Å²) in [5.41, 5.74) is -2.58. The highest BCUT2D eigenvalue weighted by Gasteiger charge is 2.42. The Labute approximate surface area is 165 Å². The van der Waals surface area contributed by atoms with Crippen LogP contribution >= 0.6 is 11.6 Å². The first kappa shape index (κ1) is 20.7. The molecule has 2 aromatic carbocycles. The van der Waals surface area contributed by atoms with Crippen molar-refractivity contribution in [3.8, 4) is 11.1 Å². The molecule has 2 atom stereocenters. The monoisotopic (exact) mass is 448 g/mol. The van der Waals surface area contributed by atoms with E-state index >= 15 is 0 Å². The summed E-state index contributed by atoms with van der Waals surface area (Å²) in [6, 6.07) is 10.5. The first-order valence-electron chi connectivity index (χ1n) is 7.60. The standard InChI is InChI=1S/C16H13ClO9S2/c17-16(18)26-8-25-15(28(22,23)24)12-7-3-6-10-9-4-1-2-5-11(9)14(13(10)12)27(19,20)21/h1-7,14-15H,8H2,(H,19,20,21)(H,22,23,24). The summed E-state index contributed by atoms with van der Waals surface area (Å²) in [7, 11) is -9.63. The molecule has 0 saturated carbocycles. The fourth-order valence-corrected chi connectivity index (χ4v) is 5.12. The van der Waals surface area contributed by atoms with Crippen LogP contribution in [0.25, 0.3) is 11.1 Å². The first-order chi connectivity index (χ1) is 13.0. The van der Waals surface area contributed by atoms with Gasteiger partial charge in [0, 0.05) is 17.2 Å². The van der Waals surface area contributed by atoms with Gasteiger partial charge in [0.25, 0.3) is 20.2 Å². The number of hydrogen-bond donors (Lipinski definition) is 2. The second kappa shape index (κ2) is 7.43. The molecule has 0 heterocycles. The van der Waals surface area contributed by atoms with Crippen LogP contribution in [0.1, 0.15) is 27.4 Å². The van der Waals surface area contributed by atoms with Gasteiger partial charge in [-0.2, -0.15) is 16.8 Å². The zero-order valence-corrected chi connectivity index (χ0v) is 16.2. The highest BCUT2D eigenvalue weighted by Crippen LogP contribution is 2.50. The van der Waals surface area contributed by atoms with Gasteiger partial charge in [-0.25, -0.2) is 4.79 Å². The summed E-state index contributed by atoms with van der Waals surface area (Å²) in [4.78, 5) is 10.7. The van der Waals surface area contributed by atoms with Gasteiger partial charge in [-0.15, -0.1) is 0 Å². The summed E-state index contributed by atoms with van der Waals surface area (Å²) in [5.74, 6) is 0. The molecule has 0 amide bonds. The molecule has 2 aromatic rings. The van der Waals surface area contributed by atoms with Crippen molar-refractivity contribution in [1.29, 1.82) is 0 Å². The molecule has 1 aliphatic carbocycles. The van der Waals surface area contributed by atoms with Crippen LogP contribution in [0, 0.1) is 0 Å². The van der Waals surface area contributed by atoms with E-state index in [4.69, 9.17) is 16.3 Å². The minimum absolute atomic E-state index is 0.0639. The van der Waals surface area contributed by atoms with Crippen LogP contribution < -0.4 is 0 Å². The molecule has 150 valence electrons. The molecule has 12 heteroatoms. The Hall–Kier alpha value is -2.02. The van der Waals surface area contributed by atoms with Crippen LogP contribution in [0.2, 0.25) is 0 Å². The Morgan fingerprint density at radius 2 is 1.68 bits per heavy atom. The minimum Gasteiger partial charge on any atom is -0.426 e. The van der Waals surface area contributed by atoms with Gasteiger partial charge >= 0.3 is 5.43 Å². The van der Waals surface area contributed by atoms with E-state index in [2.05, 4.69) is 4.74 Å². The first-order valence-corrected chi connectivity index (χ1v) is 11.0. The molecule has 1 aliphatic rings. The second-order valence-corrected chi connectivity index (χ2v) is 9.07. The van der Waals surface area contributed by atoms with Crippen LogP contribution in [0.15, 0.2) is 42.5 Å². The zero-order chi connectivity index (χ0) is 20.7. The van der Waals surface area contributed by atoms with E-state index in [1.165, 1.54) is 18.2 Å². The van der Waals surface area contributed by atoms with Gasteiger partial charge in [0.15, 0.2) is 6.79 Å². The van der Waals surface area contributed by atoms with Crippen molar-refractivity contribution in [3.63, 3.8) is 0 Å². The molecule has 28 heavy (non-hydrogen) atoms. The van der Waals surface area contributed by atoms with Crippen molar-refractivity contribution < 1.29 is 40.2 Å². The Kier molecular flexibility index (Phi) is 5.49. The predicted octanol–water partition coefficient (Wildman–Crippen LogP) is 2.88. The molecule has 0 aliphatic heterocycles. The molecule has 9 nitrogen and oxygen atoms in total. The molecule has 3 rings (SSSR count). The number of rotatable bonds is 6. The zero-order valence-electron chi connectivity index (χ0n) is 13.8. The number of carbonyl (C=O) groups excluding carboxylic acids is 1. The number of hydrogen-bond acceptors (Lipinski definition) is 7. The van der Waals surface area contributed by atoms with E-state index in [1.54, 1.807) is 24.3 Å². The van der Waals surface area contributed by atoms with Crippen LogP contribution in [0.5, 0.6) is 0 Å². The molecule has 0 radical (unpaired) electrons. The van der Waals surface area contributed by atoms with Crippen molar-refractivity contribution in [2.24, 2.45) is 0 Å². The lowest BCUT2D eigenvalue weighted by Gasteiger charge is -2.20. The maximum Gasteiger partial charge on any atom is 0.405 e. The topological polar surface area (TPSA) is 144 Å². The number of halogens is 1. The lowest BCUT2D eigenvalue weighted by Crippen LogP contribution is -2.21. The fourth-order valence-electron chi connectivity index (χ4n) is 3.23. The van der Waals surface area contributed by atoms with Crippen LogP contribution in [0.4, 0.5) is 4.79 Å². The van der Waals surface area contributed by atoms with E-state index in [9.17, 15) is 30.7 Å². The molecule has 0 bridgehead atoms. The summed E-state index contributed by atoms with van der Waals surface area (Å²) < 4.78 is 76.6. The van der Waals surface area contributed by atoms with Crippen LogP contribution in [0.3, 0.4) is 0 Å². The normalized spacial score (nSPS) is 16.9. The maximum absolute atomic E-state index is 12.1. The largest absolute Gasteiger partial charge is 0.426 e. The number of fused-ring (bicyclic) bond motifs is 3. The summed E-state index contributed by atoms with van der Waals surface area (Å²) in [6.45, 7) is -0.917. The van der Waals surface area contributed by atoms with Crippen LogP contribution in [-0.4, -0.2) is 38.2 Å². The lowest BCUT2D eigenvalue weighted by molar-refractivity contribution is -0.0251. The maximum atomic E-state index is 12.1. The molecule has 0 aromatic heterocycles. The average molecular weight is 449 g/mol. The predicted molar refractivity (Wildman–Crippen MR) is 97.8 cm³/mol. The Bertz CT molecular complexity index is 1140. The summed E-state index contributed by atoms with van der Waals surface area (Å²) >= 11 is 4.99. The molecule has 0 spiro atoms. The van der Waals surface area contributed by atoms with Gasteiger partial charge in [0.1, 0.15) is 5.25 Å². The molecular weight excluding hydrogens is 436 g/mol. The van der Waals surface area contributed by atoms with E-state index in [0.29, 0.717) is 11.1 Å². The van der Waals surface area contributed by atoms with Gasteiger partial charge < -0.3 is 9.47 Å². The molecule has 0 saturated heterocycles. The minimum atomic E-state index is -4.93. The SMILES string of the molecule is O=C(Cl)OCOC(c1cccc2c1C(S(=O)(=O)O)c1ccccc1-2)S(=O)(=O)O. The van der Waals surface area contributed by atoms with Gasteiger partial charge in [-0.05, 0) is 22.3 Å². The Morgan fingerprint density at radius 3 is 2.29 bits per heavy atom. The van der Waals surface area contributed by atoms with Crippen LogP contribution in [-0.2, 0) is 29.7 Å². The average Bonchev–Trinajstić information content (AvgIpc) is 2.92. The van der Waals surface area contributed by atoms with Crippen molar-refractivity contribution in [2.45, 2.75) is 10.7 Å². The highest BCUT2D eigenvalue weighted by atomic mass is 35.5. The quantitative estimate of drug-likeness (QED) is 0.387. The van der Waals surface area contributed by atoms with Crippen molar-refractivity contribution in [1.82, 2.24) is 0 Å². The summed E-state index contributed by atoms with van der Waals surface area (Å²) in [6.07, 6.45) is 0. The van der Waals surface area contributed by atoms with E-state index < -0.39 is 43.1 Å². The third kappa shape index (κ3) is 3.90. The fraction of sp³-hybridized carbons (Fsp3) is 0.188. The van der Waals surface area contributed by atoms with E-state index in [-0.39, 0.29) is 16.7 Å². The van der Waals surface area contributed by atoms with Gasteiger partial charge in [0.2, 0.25) is 5.44 Å². The van der Waals surface area contributed by atoms with Crippen molar-refractivity contribution in [3.05, 3.63) is 59.2 Å². The van der Waals surface area contributed by atoms with Gasteiger partial charge in [-0.3, -0.25) is 9.11 Å². The third-order valence-corrected chi connectivity index (χ3v) is 6.28. The van der Waals surface area contributed by atoms with E-state index in [0.717, 1.165) is 0 Å². The molecule has 2 N–H and O–H groups in total. The van der Waals surface area contributed by atoms with Gasteiger partial charge in [-0.1, -0.05) is 42.5 Å². The second-order valence-electron chi connectivity index (χ2n) is 5.80. The number of benzene rings is 2. The smallest absolute Gasteiger partial charge is 0.405 e. The summed E-state index contributed by atoms with van der Waals surface area (Å²) in [5, 5.41) is -1.58. The molecule has 2 unspecified atom stereocenters. The van der Waals surface area contributed by atoms with E-state index in [1.807, 2.05) is 0 Å². The van der Waals surface area contributed by atoms with Crippen molar-refractivity contribution in [2.75, 3.05) is 6.79 Å².